The SMILES string of the molecule is NC(=O)c1nc(-c2ccc(Br)cc2)nc2c1[nH]c(=O)n2-c1ccc(Cl)cc1. The molecule has 0 aliphatic rings. The minimum absolute atomic E-state index is 0.0530. The quantitative estimate of drug-likeness (QED) is 0.505. The van der Waals surface area contributed by atoms with Gasteiger partial charge in [-0.25, -0.2) is 19.3 Å². The van der Waals surface area contributed by atoms with Crippen LogP contribution in [-0.4, -0.2) is 25.4 Å². The number of nitrogens with one attached hydrogen (secondary N) is 1. The number of hydrogen-bond acceptors (Lipinski definition) is 4. The zero-order chi connectivity index (χ0) is 19.1. The van der Waals surface area contributed by atoms with E-state index in [0.717, 1.165) is 4.47 Å². The number of benzene rings is 2. The lowest BCUT2D eigenvalue weighted by molar-refractivity contribution is 0.0997. The molecule has 0 aliphatic heterocycles. The summed E-state index contributed by atoms with van der Waals surface area (Å²) < 4.78 is 2.24. The number of aromatic amines is 1. The molecule has 0 atom stereocenters. The summed E-state index contributed by atoms with van der Waals surface area (Å²) in [5, 5.41) is 0.537. The van der Waals surface area contributed by atoms with Crippen LogP contribution in [0.5, 0.6) is 0 Å². The van der Waals surface area contributed by atoms with Gasteiger partial charge in [0.05, 0.1) is 5.69 Å². The third-order valence-electron chi connectivity index (χ3n) is 3.96. The molecule has 0 saturated carbocycles. The molecule has 4 rings (SSSR count). The molecule has 4 aromatic rings. The van der Waals surface area contributed by atoms with Gasteiger partial charge in [0.15, 0.2) is 17.2 Å². The molecule has 9 heteroatoms. The van der Waals surface area contributed by atoms with E-state index < -0.39 is 11.6 Å². The number of H-pyrrole nitrogens is 1. The number of nitrogens with zero attached hydrogens (tertiary/aromatic N) is 3. The van der Waals surface area contributed by atoms with Crippen LogP contribution in [0.15, 0.2) is 57.8 Å². The monoisotopic (exact) mass is 443 g/mol. The standard InChI is InChI=1S/C18H11BrClN5O2/c19-10-3-1-9(2-4-10)16-22-13(15(21)26)14-17(24-16)25(18(27)23-14)12-7-5-11(20)6-8-12/h1-8H,(H2,21,26)(H,23,27). The van der Waals surface area contributed by atoms with Crippen molar-refractivity contribution in [2.45, 2.75) is 0 Å². The highest BCUT2D eigenvalue weighted by atomic mass is 79.9. The lowest BCUT2D eigenvalue weighted by Crippen LogP contribution is -2.15. The summed E-state index contributed by atoms with van der Waals surface area (Å²) in [5.74, 6) is -0.476. The van der Waals surface area contributed by atoms with Crippen molar-refractivity contribution in [3.63, 3.8) is 0 Å². The molecule has 0 spiro atoms. The zero-order valence-electron chi connectivity index (χ0n) is 13.6. The Kier molecular flexibility index (Phi) is 4.29. The fourth-order valence-corrected chi connectivity index (χ4v) is 3.11. The van der Waals surface area contributed by atoms with Gasteiger partial charge in [0.2, 0.25) is 0 Å². The van der Waals surface area contributed by atoms with Gasteiger partial charge in [-0.15, -0.1) is 0 Å². The Hall–Kier alpha value is -2.97. The topological polar surface area (TPSA) is 107 Å². The van der Waals surface area contributed by atoms with Gasteiger partial charge in [-0.2, -0.15) is 0 Å². The summed E-state index contributed by atoms with van der Waals surface area (Å²) in [6.45, 7) is 0. The van der Waals surface area contributed by atoms with E-state index in [1.54, 1.807) is 36.4 Å². The number of carbonyl (C=O) groups excluding carboxylic acids is 1. The van der Waals surface area contributed by atoms with Gasteiger partial charge in [-0.3, -0.25) is 4.79 Å². The summed E-state index contributed by atoms with van der Waals surface area (Å²) >= 11 is 9.30. The van der Waals surface area contributed by atoms with Crippen LogP contribution in [0.3, 0.4) is 0 Å². The number of carbonyl (C=O) groups is 1. The van der Waals surface area contributed by atoms with Crippen LogP contribution in [0.1, 0.15) is 10.5 Å². The van der Waals surface area contributed by atoms with Crippen LogP contribution in [0, 0.1) is 0 Å². The van der Waals surface area contributed by atoms with Crippen molar-refractivity contribution in [1.29, 1.82) is 0 Å². The van der Waals surface area contributed by atoms with Crippen LogP contribution in [0.2, 0.25) is 5.02 Å². The molecule has 134 valence electrons. The van der Waals surface area contributed by atoms with E-state index in [2.05, 4.69) is 30.9 Å². The summed E-state index contributed by atoms with van der Waals surface area (Å²) in [4.78, 5) is 35.8. The van der Waals surface area contributed by atoms with E-state index in [0.29, 0.717) is 16.3 Å². The summed E-state index contributed by atoms with van der Waals surface area (Å²) in [6.07, 6.45) is 0. The molecule has 27 heavy (non-hydrogen) atoms. The van der Waals surface area contributed by atoms with Crippen LogP contribution >= 0.6 is 27.5 Å². The van der Waals surface area contributed by atoms with Gasteiger partial charge in [0, 0.05) is 15.1 Å². The number of aromatic nitrogens is 4. The molecule has 2 aromatic carbocycles. The fraction of sp³-hybridized carbons (Fsp3) is 0. The van der Waals surface area contributed by atoms with E-state index in [1.807, 2.05) is 12.1 Å². The average Bonchev–Trinajstić information content (AvgIpc) is 2.98. The van der Waals surface area contributed by atoms with E-state index >= 15 is 0 Å². The minimum Gasteiger partial charge on any atom is -0.364 e. The third kappa shape index (κ3) is 3.13. The van der Waals surface area contributed by atoms with Gasteiger partial charge in [0.25, 0.3) is 5.91 Å². The maximum Gasteiger partial charge on any atom is 0.332 e. The Labute approximate surface area is 166 Å². The van der Waals surface area contributed by atoms with E-state index in [-0.39, 0.29) is 22.7 Å². The normalized spacial score (nSPS) is 11.0. The molecule has 7 nitrogen and oxygen atoms in total. The molecule has 3 N–H and O–H groups in total. The summed E-state index contributed by atoms with van der Waals surface area (Å²) in [6, 6.07) is 13.9. The predicted octanol–water partition coefficient (Wildman–Crippen LogP) is 3.29. The Morgan fingerprint density at radius 1 is 1.07 bits per heavy atom. The first-order valence-corrected chi connectivity index (χ1v) is 8.95. The first-order valence-electron chi connectivity index (χ1n) is 7.78. The van der Waals surface area contributed by atoms with Crippen molar-refractivity contribution >= 4 is 44.6 Å². The summed E-state index contributed by atoms with van der Waals surface area (Å²) in [7, 11) is 0. The van der Waals surface area contributed by atoms with Crippen molar-refractivity contribution in [2.24, 2.45) is 5.73 Å². The first kappa shape index (κ1) is 17.4. The smallest absolute Gasteiger partial charge is 0.332 e. The zero-order valence-corrected chi connectivity index (χ0v) is 16.0. The Morgan fingerprint density at radius 3 is 2.37 bits per heavy atom. The van der Waals surface area contributed by atoms with Gasteiger partial charge < -0.3 is 10.7 Å². The maximum atomic E-state index is 12.5. The number of rotatable bonds is 3. The highest BCUT2D eigenvalue weighted by Gasteiger charge is 2.20. The number of fused-ring (bicyclic) bond motifs is 1. The van der Waals surface area contributed by atoms with Crippen molar-refractivity contribution < 1.29 is 4.79 Å². The van der Waals surface area contributed by atoms with Gasteiger partial charge >= 0.3 is 5.69 Å². The van der Waals surface area contributed by atoms with Crippen LogP contribution in [0.4, 0.5) is 0 Å². The molecule has 0 radical (unpaired) electrons. The largest absolute Gasteiger partial charge is 0.364 e. The molecule has 0 fully saturated rings. The first-order chi connectivity index (χ1) is 12.9. The molecule has 0 aliphatic carbocycles. The molecule has 1 amide bonds. The van der Waals surface area contributed by atoms with Crippen LogP contribution < -0.4 is 11.4 Å². The van der Waals surface area contributed by atoms with Crippen molar-refractivity contribution in [1.82, 2.24) is 19.5 Å². The Bertz CT molecular complexity index is 1230. The highest BCUT2D eigenvalue weighted by molar-refractivity contribution is 9.10. The number of hydrogen-bond donors (Lipinski definition) is 2. The number of amides is 1. The van der Waals surface area contributed by atoms with E-state index in [9.17, 15) is 9.59 Å². The second kappa shape index (κ2) is 6.64. The van der Waals surface area contributed by atoms with Gasteiger partial charge in [-0.1, -0.05) is 39.7 Å². The molecule has 2 aromatic heterocycles. The Morgan fingerprint density at radius 2 is 1.74 bits per heavy atom. The minimum atomic E-state index is -0.759. The highest BCUT2D eigenvalue weighted by Crippen LogP contribution is 2.23. The number of nitrogens with two attached hydrogens (primary N) is 1. The van der Waals surface area contributed by atoms with Gasteiger partial charge in [0.1, 0.15) is 5.52 Å². The molecule has 0 unspecified atom stereocenters. The summed E-state index contributed by atoms with van der Waals surface area (Å²) in [5.41, 5.74) is 6.63. The molecular weight excluding hydrogens is 434 g/mol. The number of halogens is 2. The molecular formula is C18H11BrClN5O2. The molecule has 0 saturated heterocycles. The third-order valence-corrected chi connectivity index (χ3v) is 4.74. The number of imidazole rings is 1. The van der Waals surface area contributed by atoms with Crippen molar-refractivity contribution in [2.75, 3.05) is 0 Å². The van der Waals surface area contributed by atoms with Crippen LogP contribution in [0.25, 0.3) is 28.2 Å². The lowest BCUT2D eigenvalue weighted by Gasteiger charge is -2.07. The van der Waals surface area contributed by atoms with E-state index in [4.69, 9.17) is 17.3 Å². The van der Waals surface area contributed by atoms with E-state index in [1.165, 1.54) is 4.57 Å². The maximum absolute atomic E-state index is 12.5. The number of primary amides is 1. The lowest BCUT2D eigenvalue weighted by atomic mass is 10.2. The second-order valence-electron chi connectivity index (χ2n) is 5.71. The molecule has 0 bridgehead atoms. The Balaban J connectivity index is 2.04. The van der Waals surface area contributed by atoms with Crippen molar-refractivity contribution in [3.05, 3.63) is 74.2 Å². The fourth-order valence-electron chi connectivity index (χ4n) is 2.72. The van der Waals surface area contributed by atoms with Gasteiger partial charge in [-0.05, 0) is 36.4 Å². The van der Waals surface area contributed by atoms with Crippen LogP contribution in [-0.2, 0) is 0 Å². The predicted molar refractivity (Wildman–Crippen MR) is 106 cm³/mol. The average molecular weight is 445 g/mol. The molecule has 2 heterocycles. The second-order valence-corrected chi connectivity index (χ2v) is 7.06. The van der Waals surface area contributed by atoms with Crippen molar-refractivity contribution in [3.8, 4) is 17.1 Å².